The minimum Gasteiger partial charge on any atom is -0.317 e. The number of carbonyl (C=O) groups excluding carboxylic acids is 1. The molecule has 2 aliphatic rings. The van der Waals surface area contributed by atoms with Crippen LogP contribution in [0.3, 0.4) is 0 Å². The maximum atomic E-state index is 12.4. The van der Waals surface area contributed by atoms with Crippen LogP contribution in [-0.2, 0) is 4.79 Å². The molecule has 0 spiro atoms. The van der Waals surface area contributed by atoms with E-state index in [0.29, 0.717) is 11.2 Å². The zero-order chi connectivity index (χ0) is 13.9. The Labute approximate surface area is 123 Å². The molecular formula is C13H21N5OS. The topological polar surface area (TPSA) is 70.2 Å². The number of amides is 1. The van der Waals surface area contributed by atoms with Gasteiger partial charge in [0.05, 0.1) is 6.04 Å². The van der Waals surface area contributed by atoms with E-state index in [0.717, 1.165) is 50.3 Å². The second-order valence-corrected chi connectivity index (χ2v) is 6.67. The molecule has 0 radical (unpaired) electrons. The molecule has 1 aromatic rings. The van der Waals surface area contributed by atoms with Crippen molar-refractivity contribution in [3.8, 4) is 0 Å². The molecule has 0 saturated carbocycles. The van der Waals surface area contributed by atoms with Gasteiger partial charge in [-0.15, -0.1) is 10.2 Å². The second kappa shape index (κ2) is 6.15. The van der Waals surface area contributed by atoms with Gasteiger partial charge in [0.2, 0.25) is 11.0 Å². The largest absolute Gasteiger partial charge is 0.317 e. The first-order valence-electron chi connectivity index (χ1n) is 7.31. The molecule has 3 rings (SSSR count). The summed E-state index contributed by atoms with van der Waals surface area (Å²) in [6, 6.07) is 0.549. The third kappa shape index (κ3) is 2.99. The van der Waals surface area contributed by atoms with Gasteiger partial charge in [-0.1, -0.05) is 11.3 Å². The summed E-state index contributed by atoms with van der Waals surface area (Å²) < 4.78 is 0. The van der Waals surface area contributed by atoms with Crippen molar-refractivity contribution in [3.05, 3.63) is 5.01 Å². The maximum Gasteiger partial charge on any atom is 0.243 e. The van der Waals surface area contributed by atoms with Gasteiger partial charge in [0.1, 0.15) is 5.01 Å². The molecule has 1 unspecified atom stereocenters. The van der Waals surface area contributed by atoms with E-state index in [1.54, 1.807) is 0 Å². The maximum absolute atomic E-state index is 12.4. The number of likely N-dealkylation sites (tertiary alicyclic amines) is 1. The smallest absolute Gasteiger partial charge is 0.243 e. The van der Waals surface area contributed by atoms with Gasteiger partial charge in [-0.05, 0) is 52.2 Å². The Morgan fingerprint density at radius 3 is 2.85 bits per heavy atom. The van der Waals surface area contributed by atoms with Crippen LogP contribution in [0, 0.1) is 6.92 Å². The Balaban J connectivity index is 1.63. The molecule has 2 aliphatic heterocycles. The van der Waals surface area contributed by atoms with Crippen molar-refractivity contribution in [1.29, 1.82) is 0 Å². The summed E-state index contributed by atoms with van der Waals surface area (Å²) in [7, 11) is 0. The van der Waals surface area contributed by atoms with Crippen LogP contribution in [0.5, 0.6) is 0 Å². The molecule has 0 bridgehead atoms. The number of piperidine rings is 1. The molecule has 2 N–H and O–H groups in total. The number of nitrogens with zero attached hydrogens (tertiary/aromatic N) is 3. The summed E-state index contributed by atoms with van der Waals surface area (Å²) in [6.45, 7) is 5.05. The number of aryl methyl sites for hydroxylation is 1. The molecule has 110 valence electrons. The van der Waals surface area contributed by atoms with E-state index in [2.05, 4.69) is 25.7 Å². The van der Waals surface area contributed by atoms with Gasteiger partial charge in [-0.3, -0.25) is 15.0 Å². The SMILES string of the molecule is Cc1nnc(NC(=O)C2CCCN2C2CCNCC2)s1. The molecule has 3 heterocycles. The summed E-state index contributed by atoms with van der Waals surface area (Å²) in [4.78, 5) is 14.8. The molecule has 2 fully saturated rings. The van der Waals surface area contributed by atoms with Crippen LogP contribution in [0.25, 0.3) is 0 Å². The van der Waals surface area contributed by atoms with E-state index in [-0.39, 0.29) is 11.9 Å². The molecular weight excluding hydrogens is 274 g/mol. The average molecular weight is 295 g/mol. The van der Waals surface area contributed by atoms with Crippen molar-refractivity contribution in [2.24, 2.45) is 0 Å². The first-order valence-corrected chi connectivity index (χ1v) is 8.13. The lowest BCUT2D eigenvalue weighted by molar-refractivity contribution is -0.121. The Kier molecular flexibility index (Phi) is 4.28. The van der Waals surface area contributed by atoms with Gasteiger partial charge in [0.25, 0.3) is 0 Å². The van der Waals surface area contributed by atoms with E-state index in [1.807, 2.05) is 6.92 Å². The number of aromatic nitrogens is 2. The summed E-state index contributed by atoms with van der Waals surface area (Å²) in [5.74, 6) is 0.0807. The highest BCUT2D eigenvalue weighted by atomic mass is 32.1. The zero-order valence-electron chi connectivity index (χ0n) is 11.8. The van der Waals surface area contributed by atoms with Gasteiger partial charge < -0.3 is 5.32 Å². The summed E-state index contributed by atoms with van der Waals surface area (Å²) in [5.41, 5.74) is 0. The second-order valence-electron chi connectivity index (χ2n) is 5.49. The number of hydrogen-bond acceptors (Lipinski definition) is 6. The molecule has 1 amide bonds. The van der Waals surface area contributed by atoms with Crippen LogP contribution in [0.2, 0.25) is 0 Å². The quantitative estimate of drug-likeness (QED) is 0.870. The fourth-order valence-electron chi connectivity index (χ4n) is 3.18. The number of nitrogens with one attached hydrogen (secondary N) is 2. The predicted molar refractivity (Wildman–Crippen MR) is 78.9 cm³/mol. The van der Waals surface area contributed by atoms with Gasteiger partial charge in [-0.2, -0.15) is 0 Å². The lowest BCUT2D eigenvalue weighted by Crippen LogP contribution is -2.49. The van der Waals surface area contributed by atoms with Gasteiger partial charge in [-0.25, -0.2) is 0 Å². The average Bonchev–Trinajstić information content (AvgIpc) is 3.09. The highest BCUT2D eigenvalue weighted by Gasteiger charge is 2.35. The van der Waals surface area contributed by atoms with Crippen LogP contribution in [-0.4, -0.2) is 52.7 Å². The number of rotatable bonds is 3. The van der Waals surface area contributed by atoms with Crippen molar-refractivity contribution >= 4 is 22.4 Å². The normalized spacial score (nSPS) is 24.9. The van der Waals surface area contributed by atoms with Crippen molar-refractivity contribution in [2.45, 2.75) is 44.7 Å². The molecule has 0 aliphatic carbocycles. The number of anilines is 1. The third-order valence-corrected chi connectivity index (χ3v) is 4.88. The van der Waals surface area contributed by atoms with Crippen LogP contribution in [0.1, 0.15) is 30.7 Å². The molecule has 1 atom stereocenters. The van der Waals surface area contributed by atoms with Crippen molar-refractivity contribution < 1.29 is 4.79 Å². The standard InChI is InChI=1S/C13H21N5OS/c1-9-16-17-13(20-9)15-12(19)11-3-2-8-18(11)10-4-6-14-7-5-10/h10-11,14H,2-8H2,1H3,(H,15,17,19). The zero-order valence-corrected chi connectivity index (χ0v) is 12.6. The van der Waals surface area contributed by atoms with Crippen molar-refractivity contribution in [3.63, 3.8) is 0 Å². The predicted octanol–water partition coefficient (Wildman–Crippen LogP) is 1.00. The van der Waals surface area contributed by atoms with Crippen LogP contribution >= 0.6 is 11.3 Å². The van der Waals surface area contributed by atoms with Crippen molar-refractivity contribution in [1.82, 2.24) is 20.4 Å². The van der Waals surface area contributed by atoms with Crippen LogP contribution < -0.4 is 10.6 Å². The Morgan fingerprint density at radius 2 is 2.15 bits per heavy atom. The fraction of sp³-hybridized carbons (Fsp3) is 0.769. The van der Waals surface area contributed by atoms with Gasteiger partial charge in [0, 0.05) is 6.04 Å². The Morgan fingerprint density at radius 1 is 1.35 bits per heavy atom. The summed E-state index contributed by atoms with van der Waals surface area (Å²) >= 11 is 1.43. The van der Waals surface area contributed by atoms with E-state index in [4.69, 9.17) is 0 Å². The Hall–Kier alpha value is -1.05. The molecule has 7 heteroatoms. The minimum absolute atomic E-state index is 0.00214. The number of hydrogen-bond donors (Lipinski definition) is 2. The molecule has 1 aromatic heterocycles. The van der Waals surface area contributed by atoms with E-state index < -0.39 is 0 Å². The first-order chi connectivity index (χ1) is 9.74. The van der Waals surface area contributed by atoms with E-state index in [1.165, 1.54) is 11.3 Å². The molecule has 6 nitrogen and oxygen atoms in total. The van der Waals surface area contributed by atoms with E-state index >= 15 is 0 Å². The molecule has 0 aromatic carbocycles. The third-order valence-electron chi connectivity index (χ3n) is 4.13. The summed E-state index contributed by atoms with van der Waals surface area (Å²) in [5, 5.41) is 15.7. The highest BCUT2D eigenvalue weighted by Crippen LogP contribution is 2.25. The van der Waals surface area contributed by atoms with Crippen LogP contribution in [0.15, 0.2) is 0 Å². The number of carbonyl (C=O) groups is 1. The monoisotopic (exact) mass is 295 g/mol. The van der Waals surface area contributed by atoms with Crippen molar-refractivity contribution in [2.75, 3.05) is 25.0 Å². The minimum atomic E-state index is 0.00214. The van der Waals surface area contributed by atoms with Gasteiger partial charge >= 0.3 is 0 Å². The Bertz CT molecular complexity index is 471. The summed E-state index contributed by atoms with van der Waals surface area (Å²) in [6.07, 6.45) is 4.34. The van der Waals surface area contributed by atoms with Crippen LogP contribution in [0.4, 0.5) is 5.13 Å². The lowest BCUT2D eigenvalue weighted by Gasteiger charge is -2.34. The molecule has 2 saturated heterocycles. The van der Waals surface area contributed by atoms with E-state index in [9.17, 15) is 4.79 Å². The lowest BCUT2D eigenvalue weighted by atomic mass is 10.0. The first kappa shape index (κ1) is 13.9. The van der Waals surface area contributed by atoms with Gasteiger partial charge in [0.15, 0.2) is 0 Å². The fourth-order valence-corrected chi connectivity index (χ4v) is 3.78. The molecule has 20 heavy (non-hydrogen) atoms. The highest BCUT2D eigenvalue weighted by molar-refractivity contribution is 7.15.